The molecule has 2 unspecified atom stereocenters. The number of halogens is 2. The smallest absolute Gasteiger partial charge is 0.319 e. The molecule has 0 saturated carbocycles. The van der Waals surface area contributed by atoms with Crippen molar-refractivity contribution >= 4 is 43.8 Å². The second-order valence-corrected chi connectivity index (χ2v) is 7.01. The van der Waals surface area contributed by atoms with Crippen LogP contribution in [0.25, 0.3) is 0 Å². The van der Waals surface area contributed by atoms with Gasteiger partial charge in [0.25, 0.3) is 0 Å². The number of hydrogen-bond acceptors (Lipinski definition) is 4. The van der Waals surface area contributed by atoms with Crippen LogP contribution in [-0.2, 0) is 32.3 Å². The third-order valence-electron chi connectivity index (χ3n) is 2.43. The molecule has 0 aliphatic carbocycles. The zero-order valence-electron chi connectivity index (χ0n) is 11.3. The summed E-state index contributed by atoms with van der Waals surface area (Å²) in [4.78, 5) is 22.0. The summed E-state index contributed by atoms with van der Waals surface area (Å²) >= 11 is 6.29. The summed E-state index contributed by atoms with van der Waals surface area (Å²) in [5, 5.41) is 0. The van der Waals surface area contributed by atoms with Crippen LogP contribution in [-0.4, -0.2) is 21.6 Å². The van der Waals surface area contributed by atoms with Crippen molar-refractivity contribution in [2.45, 2.75) is 36.7 Å². The predicted octanol–water partition coefficient (Wildman–Crippen LogP) is 3.34. The lowest BCUT2D eigenvalue weighted by molar-refractivity contribution is -0.144. The molecule has 0 heterocycles. The molecular formula is C14H16Br2O4. The van der Waals surface area contributed by atoms with Crippen LogP contribution in [0.4, 0.5) is 0 Å². The Hall–Kier alpha value is -0.880. The maximum absolute atomic E-state index is 11.3. The summed E-state index contributed by atoms with van der Waals surface area (Å²) in [6.07, 6.45) is 0. The minimum absolute atomic E-state index is 0.229. The third kappa shape index (κ3) is 6.05. The summed E-state index contributed by atoms with van der Waals surface area (Å²) in [5.74, 6) is -0.594. The van der Waals surface area contributed by atoms with Crippen molar-refractivity contribution in [2.75, 3.05) is 0 Å². The Kier molecular flexibility index (Phi) is 7.23. The highest BCUT2D eigenvalue weighted by atomic mass is 79.9. The Balaban J connectivity index is 2.44. The minimum Gasteiger partial charge on any atom is -0.460 e. The predicted molar refractivity (Wildman–Crippen MR) is 82.8 cm³/mol. The molecule has 0 saturated heterocycles. The third-order valence-corrected chi connectivity index (χ3v) is 3.18. The molecule has 4 nitrogen and oxygen atoms in total. The second kappa shape index (κ2) is 8.42. The molecule has 0 aliphatic heterocycles. The molecule has 0 radical (unpaired) electrons. The van der Waals surface area contributed by atoms with E-state index >= 15 is 0 Å². The Morgan fingerprint density at radius 3 is 1.45 bits per heavy atom. The molecule has 0 aromatic heterocycles. The topological polar surface area (TPSA) is 52.6 Å². The summed E-state index contributed by atoms with van der Waals surface area (Å²) in [7, 11) is 0. The van der Waals surface area contributed by atoms with Crippen molar-refractivity contribution in [2.24, 2.45) is 0 Å². The van der Waals surface area contributed by atoms with E-state index in [1.807, 2.05) is 24.3 Å². The maximum atomic E-state index is 11.3. The average Bonchev–Trinajstić information content (AvgIpc) is 2.42. The van der Waals surface area contributed by atoms with Gasteiger partial charge >= 0.3 is 11.9 Å². The van der Waals surface area contributed by atoms with Gasteiger partial charge in [0, 0.05) is 0 Å². The molecule has 0 aliphatic rings. The van der Waals surface area contributed by atoms with Gasteiger partial charge in [-0.1, -0.05) is 56.1 Å². The van der Waals surface area contributed by atoms with E-state index in [1.165, 1.54) is 0 Å². The molecule has 2 atom stereocenters. The highest BCUT2D eigenvalue weighted by molar-refractivity contribution is 9.10. The van der Waals surface area contributed by atoms with E-state index < -0.39 is 0 Å². The molecule has 0 amide bonds. The Morgan fingerprint density at radius 1 is 0.900 bits per heavy atom. The highest BCUT2D eigenvalue weighted by Crippen LogP contribution is 2.10. The fourth-order valence-corrected chi connectivity index (χ4v) is 1.53. The fourth-order valence-electron chi connectivity index (χ4n) is 1.27. The van der Waals surface area contributed by atoms with E-state index in [0.717, 1.165) is 11.1 Å². The number of carbonyl (C=O) groups is 2. The number of esters is 2. The lowest BCUT2D eigenvalue weighted by Gasteiger charge is -2.08. The first-order valence-corrected chi connectivity index (χ1v) is 7.92. The second-order valence-electron chi connectivity index (χ2n) is 4.26. The van der Waals surface area contributed by atoms with Gasteiger partial charge in [0.05, 0.1) is 0 Å². The first-order chi connectivity index (χ1) is 9.40. The minimum atomic E-state index is -0.313. The van der Waals surface area contributed by atoms with Crippen molar-refractivity contribution in [1.29, 1.82) is 0 Å². The van der Waals surface area contributed by atoms with Gasteiger partial charge in [-0.05, 0) is 25.0 Å². The van der Waals surface area contributed by atoms with Crippen LogP contribution in [0.1, 0.15) is 25.0 Å². The van der Waals surface area contributed by atoms with Crippen LogP contribution in [0.5, 0.6) is 0 Å². The van der Waals surface area contributed by atoms with E-state index in [4.69, 9.17) is 9.47 Å². The monoisotopic (exact) mass is 406 g/mol. The normalized spacial score (nSPS) is 13.4. The highest BCUT2D eigenvalue weighted by Gasteiger charge is 2.11. The zero-order chi connectivity index (χ0) is 15.1. The molecule has 0 spiro atoms. The molecular weight excluding hydrogens is 392 g/mol. The molecule has 0 N–H and O–H groups in total. The number of benzene rings is 1. The van der Waals surface area contributed by atoms with Gasteiger partial charge < -0.3 is 9.47 Å². The Bertz CT molecular complexity index is 412. The van der Waals surface area contributed by atoms with E-state index in [0.29, 0.717) is 0 Å². The number of ether oxygens (including phenoxy) is 2. The van der Waals surface area contributed by atoms with Crippen molar-refractivity contribution in [3.05, 3.63) is 35.4 Å². The van der Waals surface area contributed by atoms with Crippen LogP contribution in [0.2, 0.25) is 0 Å². The van der Waals surface area contributed by atoms with Crippen LogP contribution >= 0.6 is 31.9 Å². The van der Waals surface area contributed by atoms with Gasteiger partial charge in [-0.2, -0.15) is 0 Å². The molecule has 6 heteroatoms. The largest absolute Gasteiger partial charge is 0.460 e. The zero-order valence-corrected chi connectivity index (χ0v) is 14.4. The van der Waals surface area contributed by atoms with Gasteiger partial charge in [0.15, 0.2) is 0 Å². The number of rotatable bonds is 6. The standard InChI is InChI=1S/C14H16Br2O4/c1-9(15)13(17)19-7-11-3-5-12(6-4-11)8-20-14(18)10(2)16/h3-6,9-10H,7-8H2,1-2H3. The number of carbonyl (C=O) groups excluding carboxylic acids is 2. The van der Waals surface area contributed by atoms with E-state index in [-0.39, 0.29) is 34.8 Å². The van der Waals surface area contributed by atoms with Crippen molar-refractivity contribution < 1.29 is 19.1 Å². The number of hydrogen-bond donors (Lipinski definition) is 0. The van der Waals surface area contributed by atoms with E-state index in [1.54, 1.807) is 13.8 Å². The molecule has 110 valence electrons. The molecule has 1 aromatic rings. The van der Waals surface area contributed by atoms with E-state index in [2.05, 4.69) is 31.9 Å². The molecule has 0 bridgehead atoms. The van der Waals surface area contributed by atoms with Gasteiger partial charge in [-0.3, -0.25) is 9.59 Å². The first-order valence-electron chi connectivity index (χ1n) is 6.09. The van der Waals surface area contributed by atoms with Crippen LogP contribution in [0.3, 0.4) is 0 Å². The number of alkyl halides is 2. The van der Waals surface area contributed by atoms with Gasteiger partial charge in [-0.15, -0.1) is 0 Å². The lowest BCUT2D eigenvalue weighted by Crippen LogP contribution is -2.14. The first kappa shape index (κ1) is 17.2. The van der Waals surface area contributed by atoms with Crippen LogP contribution in [0, 0.1) is 0 Å². The quantitative estimate of drug-likeness (QED) is 0.536. The molecule has 1 rings (SSSR count). The van der Waals surface area contributed by atoms with E-state index in [9.17, 15) is 9.59 Å². The van der Waals surface area contributed by atoms with Crippen LogP contribution < -0.4 is 0 Å². The fraction of sp³-hybridized carbons (Fsp3) is 0.429. The molecule has 20 heavy (non-hydrogen) atoms. The van der Waals surface area contributed by atoms with Crippen molar-refractivity contribution in [1.82, 2.24) is 0 Å². The maximum Gasteiger partial charge on any atom is 0.319 e. The SMILES string of the molecule is CC(Br)C(=O)OCc1ccc(COC(=O)C(C)Br)cc1. The van der Waals surface area contributed by atoms with Crippen molar-refractivity contribution in [3.63, 3.8) is 0 Å². The summed E-state index contributed by atoms with van der Waals surface area (Å²) in [6, 6.07) is 7.36. The van der Waals surface area contributed by atoms with Crippen LogP contribution in [0.15, 0.2) is 24.3 Å². The lowest BCUT2D eigenvalue weighted by atomic mass is 10.1. The molecule has 0 fully saturated rings. The summed E-state index contributed by atoms with van der Waals surface area (Å²) < 4.78 is 10.2. The molecule has 1 aromatic carbocycles. The summed E-state index contributed by atoms with van der Waals surface area (Å²) in [5.41, 5.74) is 1.77. The van der Waals surface area contributed by atoms with Gasteiger partial charge in [0.2, 0.25) is 0 Å². The summed E-state index contributed by atoms with van der Waals surface area (Å²) in [6.45, 7) is 3.88. The van der Waals surface area contributed by atoms with Crippen molar-refractivity contribution in [3.8, 4) is 0 Å². The average molecular weight is 408 g/mol. The Labute approximate surface area is 135 Å². The van der Waals surface area contributed by atoms with Gasteiger partial charge in [0.1, 0.15) is 22.9 Å². The van der Waals surface area contributed by atoms with Gasteiger partial charge in [-0.25, -0.2) is 0 Å². The Morgan fingerprint density at radius 2 is 1.20 bits per heavy atom.